The van der Waals surface area contributed by atoms with E-state index in [0.717, 1.165) is 6.54 Å². The topological polar surface area (TPSA) is 12.0 Å². The van der Waals surface area contributed by atoms with Gasteiger partial charge in [0.1, 0.15) is 0 Å². The molecular weight excluding hydrogens is 306 g/mol. The quantitative estimate of drug-likeness (QED) is 0.724. The summed E-state index contributed by atoms with van der Waals surface area (Å²) < 4.78 is 1.31. The zero-order valence-corrected chi connectivity index (χ0v) is 13.7. The van der Waals surface area contributed by atoms with Crippen molar-refractivity contribution in [3.05, 3.63) is 20.8 Å². The first kappa shape index (κ1) is 14.5. The van der Waals surface area contributed by atoms with Crippen molar-refractivity contribution < 1.29 is 0 Å². The molecule has 0 aromatic carbocycles. The molecular formula is C15H24BrNS. The maximum Gasteiger partial charge on any atom is 0.0314 e. The molecule has 2 rings (SSSR count). The molecule has 0 radical (unpaired) electrons. The predicted octanol–water partition coefficient (Wildman–Crippen LogP) is 5.00. The number of hydrogen-bond donors (Lipinski definition) is 1. The monoisotopic (exact) mass is 329 g/mol. The Morgan fingerprint density at radius 3 is 2.72 bits per heavy atom. The number of thiophene rings is 1. The SMILES string of the molecule is CCCNCC1(Cc2sccc2Br)CCCCC1. The Morgan fingerprint density at radius 1 is 1.33 bits per heavy atom. The molecule has 18 heavy (non-hydrogen) atoms. The van der Waals surface area contributed by atoms with Crippen molar-refractivity contribution in [1.82, 2.24) is 5.32 Å². The van der Waals surface area contributed by atoms with Gasteiger partial charge >= 0.3 is 0 Å². The van der Waals surface area contributed by atoms with E-state index in [2.05, 4.69) is 39.6 Å². The molecule has 102 valence electrons. The van der Waals surface area contributed by atoms with Gasteiger partial charge in [-0.15, -0.1) is 11.3 Å². The maximum absolute atomic E-state index is 3.69. The molecule has 0 saturated heterocycles. The Hall–Kier alpha value is 0.140. The van der Waals surface area contributed by atoms with Crippen LogP contribution >= 0.6 is 27.3 Å². The van der Waals surface area contributed by atoms with E-state index in [9.17, 15) is 0 Å². The lowest BCUT2D eigenvalue weighted by atomic mass is 9.71. The van der Waals surface area contributed by atoms with E-state index in [1.54, 1.807) is 0 Å². The van der Waals surface area contributed by atoms with E-state index in [4.69, 9.17) is 0 Å². The summed E-state index contributed by atoms with van der Waals surface area (Å²) in [4.78, 5) is 1.54. The lowest BCUT2D eigenvalue weighted by Crippen LogP contribution is -2.38. The largest absolute Gasteiger partial charge is 0.316 e. The van der Waals surface area contributed by atoms with Gasteiger partial charge in [-0.25, -0.2) is 0 Å². The molecule has 0 unspecified atom stereocenters. The highest BCUT2D eigenvalue weighted by molar-refractivity contribution is 9.10. The van der Waals surface area contributed by atoms with E-state index in [1.807, 2.05) is 11.3 Å². The Kier molecular flexibility index (Phi) is 5.71. The number of nitrogens with one attached hydrogen (secondary N) is 1. The maximum atomic E-state index is 3.69. The molecule has 1 heterocycles. The summed E-state index contributed by atoms with van der Waals surface area (Å²) in [6, 6.07) is 2.19. The summed E-state index contributed by atoms with van der Waals surface area (Å²) in [5, 5.41) is 5.87. The minimum atomic E-state index is 0.515. The van der Waals surface area contributed by atoms with Crippen molar-refractivity contribution in [2.24, 2.45) is 5.41 Å². The molecule has 1 fully saturated rings. The number of halogens is 1. The van der Waals surface area contributed by atoms with E-state index >= 15 is 0 Å². The number of rotatable bonds is 6. The van der Waals surface area contributed by atoms with Crippen LogP contribution in [0.3, 0.4) is 0 Å². The van der Waals surface area contributed by atoms with Gasteiger partial charge in [-0.1, -0.05) is 26.2 Å². The van der Waals surface area contributed by atoms with Crippen LogP contribution in [-0.2, 0) is 6.42 Å². The fraction of sp³-hybridized carbons (Fsp3) is 0.733. The third kappa shape index (κ3) is 3.82. The van der Waals surface area contributed by atoms with Crippen LogP contribution in [0.2, 0.25) is 0 Å². The molecule has 1 nitrogen and oxygen atoms in total. The van der Waals surface area contributed by atoms with Crippen LogP contribution in [0.15, 0.2) is 15.9 Å². The minimum absolute atomic E-state index is 0.515. The van der Waals surface area contributed by atoms with Crippen molar-refractivity contribution in [3.63, 3.8) is 0 Å². The highest BCUT2D eigenvalue weighted by Gasteiger charge is 2.32. The summed E-state index contributed by atoms with van der Waals surface area (Å²) in [5.41, 5.74) is 0.515. The van der Waals surface area contributed by atoms with Gasteiger partial charge in [-0.05, 0) is 65.0 Å². The fourth-order valence-electron chi connectivity index (χ4n) is 3.04. The van der Waals surface area contributed by atoms with Crippen molar-refractivity contribution in [3.8, 4) is 0 Å². The Labute approximate surface area is 123 Å². The zero-order valence-electron chi connectivity index (χ0n) is 11.3. The third-order valence-corrected chi connectivity index (χ3v) is 5.99. The van der Waals surface area contributed by atoms with Crippen molar-refractivity contribution in [2.75, 3.05) is 13.1 Å². The van der Waals surface area contributed by atoms with Crippen molar-refractivity contribution >= 4 is 27.3 Å². The second kappa shape index (κ2) is 7.06. The molecule has 1 aromatic rings. The predicted molar refractivity (Wildman–Crippen MR) is 84.4 cm³/mol. The Bertz CT molecular complexity index is 355. The van der Waals surface area contributed by atoms with Crippen LogP contribution < -0.4 is 5.32 Å². The highest BCUT2D eigenvalue weighted by Crippen LogP contribution is 2.41. The third-order valence-electron chi connectivity index (χ3n) is 4.07. The summed E-state index contributed by atoms with van der Waals surface area (Å²) in [5.74, 6) is 0. The molecule has 1 aliphatic rings. The first-order valence-corrected chi connectivity index (χ1v) is 8.86. The normalized spacial score (nSPS) is 19.0. The lowest BCUT2D eigenvalue weighted by Gasteiger charge is -2.37. The van der Waals surface area contributed by atoms with Gasteiger partial charge in [-0.2, -0.15) is 0 Å². The average Bonchev–Trinajstić information content (AvgIpc) is 2.76. The molecule has 1 N–H and O–H groups in total. The summed E-state index contributed by atoms with van der Waals surface area (Å²) in [6.07, 6.45) is 9.54. The van der Waals surface area contributed by atoms with E-state index in [0.29, 0.717) is 5.41 Å². The van der Waals surface area contributed by atoms with Gasteiger partial charge in [0.25, 0.3) is 0 Å². The van der Waals surface area contributed by atoms with Gasteiger partial charge in [0.2, 0.25) is 0 Å². The van der Waals surface area contributed by atoms with Crippen LogP contribution in [0, 0.1) is 5.41 Å². The van der Waals surface area contributed by atoms with Gasteiger partial charge in [0.05, 0.1) is 0 Å². The summed E-state index contributed by atoms with van der Waals surface area (Å²) >= 11 is 5.60. The first-order valence-electron chi connectivity index (χ1n) is 7.18. The van der Waals surface area contributed by atoms with Gasteiger partial charge in [0, 0.05) is 15.9 Å². The highest BCUT2D eigenvalue weighted by atomic mass is 79.9. The van der Waals surface area contributed by atoms with Crippen LogP contribution in [-0.4, -0.2) is 13.1 Å². The molecule has 1 aromatic heterocycles. The van der Waals surface area contributed by atoms with Gasteiger partial charge < -0.3 is 5.32 Å². The van der Waals surface area contributed by atoms with Crippen molar-refractivity contribution in [1.29, 1.82) is 0 Å². The van der Waals surface area contributed by atoms with Gasteiger partial charge in [0.15, 0.2) is 0 Å². The van der Waals surface area contributed by atoms with Crippen molar-refractivity contribution in [2.45, 2.75) is 51.9 Å². The zero-order chi connectivity index (χ0) is 12.8. The Balaban J connectivity index is 2.01. The first-order chi connectivity index (χ1) is 8.76. The van der Waals surface area contributed by atoms with Crippen LogP contribution in [0.5, 0.6) is 0 Å². The van der Waals surface area contributed by atoms with Gasteiger partial charge in [-0.3, -0.25) is 0 Å². The average molecular weight is 330 g/mol. The van der Waals surface area contributed by atoms with E-state index in [1.165, 1.54) is 60.8 Å². The molecule has 0 aliphatic heterocycles. The van der Waals surface area contributed by atoms with Crippen LogP contribution in [0.1, 0.15) is 50.3 Å². The second-order valence-corrected chi connectivity index (χ2v) is 7.46. The smallest absolute Gasteiger partial charge is 0.0314 e. The van der Waals surface area contributed by atoms with E-state index in [-0.39, 0.29) is 0 Å². The molecule has 3 heteroatoms. The second-order valence-electron chi connectivity index (χ2n) is 5.61. The summed E-state index contributed by atoms with van der Waals surface area (Å²) in [7, 11) is 0. The van der Waals surface area contributed by atoms with Crippen LogP contribution in [0.4, 0.5) is 0 Å². The molecule has 0 atom stereocenters. The Morgan fingerprint density at radius 2 is 2.11 bits per heavy atom. The summed E-state index contributed by atoms with van der Waals surface area (Å²) in [6.45, 7) is 4.61. The molecule has 0 spiro atoms. The molecule has 0 bridgehead atoms. The minimum Gasteiger partial charge on any atom is -0.316 e. The standard InChI is InChI=1S/C15H24BrNS/c1-2-9-17-12-15(7-4-3-5-8-15)11-14-13(16)6-10-18-14/h6,10,17H,2-5,7-9,11-12H2,1H3. The molecule has 1 saturated carbocycles. The molecule has 0 amide bonds. The van der Waals surface area contributed by atoms with Crippen LogP contribution in [0.25, 0.3) is 0 Å². The lowest BCUT2D eigenvalue weighted by molar-refractivity contribution is 0.182. The number of hydrogen-bond acceptors (Lipinski definition) is 2. The van der Waals surface area contributed by atoms with E-state index < -0.39 is 0 Å². The fourth-order valence-corrected chi connectivity index (χ4v) is 4.71. The molecule has 1 aliphatic carbocycles.